The van der Waals surface area contributed by atoms with Crippen LogP contribution in [0.2, 0.25) is 0 Å². The van der Waals surface area contributed by atoms with Crippen molar-refractivity contribution in [2.75, 3.05) is 13.1 Å². The lowest BCUT2D eigenvalue weighted by Crippen LogP contribution is -2.32. The third kappa shape index (κ3) is 8.30. The monoisotopic (exact) mass is 242 g/mol. The number of carbonyl (C=O) groups is 2. The number of hydrogen-bond acceptors (Lipinski definition) is 3. The minimum absolute atomic E-state index is 0.0383. The van der Waals surface area contributed by atoms with E-state index < -0.39 is 6.09 Å². The smallest absolute Gasteiger partial charge is 0.412 e. The lowest BCUT2D eigenvalue weighted by Gasteiger charge is -2.10. The quantitative estimate of drug-likeness (QED) is 0.528. The van der Waals surface area contributed by atoms with E-state index in [1.54, 1.807) is 6.92 Å². The average molecular weight is 242 g/mol. The molecule has 0 aliphatic carbocycles. The van der Waals surface area contributed by atoms with Gasteiger partial charge in [0, 0.05) is 19.0 Å². The van der Waals surface area contributed by atoms with Crippen LogP contribution in [0, 0.1) is 5.92 Å². The number of nitrogens with one attached hydrogen (secondary N) is 2. The maximum atomic E-state index is 11.4. The summed E-state index contributed by atoms with van der Waals surface area (Å²) in [5, 5.41) is 5.36. The fourth-order valence-electron chi connectivity index (χ4n) is 1.04. The fraction of sp³-hybridized carbons (Fsp3) is 0.667. The number of carbonyl (C=O) groups excluding carboxylic acids is 2. The Morgan fingerprint density at radius 1 is 1.29 bits per heavy atom. The van der Waals surface area contributed by atoms with Gasteiger partial charge in [-0.2, -0.15) is 0 Å². The predicted octanol–water partition coefficient (Wildman–Crippen LogP) is 1.80. The molecule has 2 amide bonds. The van der Waals surface area contributed by atoms with Gasteiger partial charge >= 0.3 is 6.09 Å². The molecule has 0 bridgehead atoms. The van der Waals surface area contributed by atoms with E-state index in [0.717, 1.165) is 6.42 Å². The molecule has 1 unspecified atom stereocenters. The van der Waals surface area contributed by atoms with Crippen LogP contribution < -0.4 is 10.6 Å². The van der Waals surface area contributed by atoms with E-state index in [1.165, 1.54) is 0 Å². The summed E-state index contributed by atoms with van der Waals surface area (Å²) in [6, 6.07) is 0. The third-order valence-electron chi connectivity index (χ3n) is 2.25. The molecule has 0 rings (SSSR count). The van der Waals surface area contributed by atoms with E-state index >= 15 is 0 Å². The maximum Gasteiger partial charge on any atom is 0.412 e. The molecular formula is C12H22N2O3. The molecule has 0 aliphatic heterocycles. The summed E-state index contributed by atoms with van der Waals surface area (Å²) in [6.07, 6.45) is 0.994. The van der Waals surface area contributed by atoms with Gasteiger partial charge in [-0.1, -0.05) is 20.4 Å². The lowest BCUT2D eigenvalue weighted by molar-refractivity contribution is -0.124. The van der Waals surface area contributed by atoms with E-state index in [0.29, 0.717) is 25.3 Å². The normalized spacial score (nSPS) is 11.5. The van der Waals surface area contributed by atoms with Crippen molar-refractivity contribution in [2.24, 2.45) is 5.92 Å². The molecule has 0 saturated carbocycles. The van der Waals surface area contributed by atoms with Gasteiger partial charge in [0.1, 0.15) is 0 Å². The first kappa shape index (κ1) is 15.5. The zero-order chi connectivity index (χ0) is 13.3. The molecule has 0 radical (unpaired) electrons. The van der Waals surface area contributed by atoms with Crippen molar-refractivity contribution < 1.29 is 14.3 Å². The summed E-state index contributed by atoms with van der Waals surface area (Å²) in [6.45, 7) is 9.93. The molecule has 5 nitrogen and oxygen atoms in total. The van der Waals surface area contributed by atoms with E-state index in [9.17, 15) is 9.59 Å². The predicted molar refractivity (Wildman–Crippen MR) is 66.4 cm³/mol. The second-order valence-electron chi connectivity index (χ2n) is 3.97. The molecule has 17 heavy (non-hydrogen) atoms. The highest BCUT2D eigenvalue weighted by Crippen LogP contribution is 1.99. The molecule has 0 aromatic heterocycles. The molecule has 0 aromatic rings. The Hall–Kier alpha value is -1.52. The minimum Gasteiger partial charge on any atom is -0.416 e. The Bertz CT molecular complexity index is 277. The molecule has 0 heterocycles. The number of rotatable bonds is 7. The van der Waals surface area contributed by atoms with Crippen LogP contribution in [-0.2, 0) is 9.53 Å². The molecule has 2 N–H and O–H groups in total. The molecule has 5 heteroatoms. The Kier molecular flexibility index (Phi) is 7.84. The van der Waals surface area contributed by atoms with Crippen molar-refractivity contribution in [2.45, 2.75) is 33.6 Å². The lowest BCUT2D eigenvalue weighted by atomic mass is 10.1. The van der Waals surface area contributed by atoms with Crippen molar-refractivity contribution in [3.05, 3.63) is 12.3 Å². The van der Waals surface area contributed by atoms with E-state index in [-0.39, 0.29) is 11.8 Å². The molecule has 0 spiro atoms. The van der Waals surface area contributed by atoms with Crippen LogP contribution in [0.5, 0.6) is 0 Å². The standard InChI is InChI=1S/C12H22N2O3/c1-5-10(4)11(15)13-7-6-8-14-12(16)17-9(2)3/h10H,2,5-8H2,1,3-4H3,(H,13,15)(H,14,16). The second-order valence-corrected chi connectivity index (χ2v) is 3.97. The van der Waals surface area contributed by atoms with E-state index in [1.807, 2.05) is 13.8 Å². The van der Waals surface area contributed by atoms with Gasteiger partial charge in [0.05, 0.1) is 5.76 Å². The molecule has 0 fully saturated rings. The van der Waals surface area contributed by atoms with Gasteiger partial charge in [0.2, 0.25) is 5.91 Å². The summed E-state index contributed by atoms with van der Waals surface area (Å²) in [4.78, 5) is 22.4. The van der Waals surface area contributed by atoms with Gasteiger partial charge in [0.25, 0.3) is 0 Å². The van der Waals surface area contributed by atoms with Gasteiger partial charge in [-0.25, -0.2) is 4.79 Å². The summed E-state index contributed by atoms with van der Waals surface area (Å²) in [5.74, 6) is 0.445. The Morgan fingerprint density at radius 3 is 2.41 bits per heavy atom. The minimum atomic E-state index is -0.509. The van der Waals surface area contributed by atoms with Crippen LogP contribution in [0.4, 0.5) is 4.79 Å². The Balaban J connectivity index is 3.50. The van der Waals surface area contributed by atoms with Gasteiger partial charge < -0.3 is 15.4 Å². The van der Waals surface area contributed by atoms with Crippen molar-refractivity contribution in [1.29, 1.82) is 0 Å². The van der Waals surface area contributed by atoms with Crippen LogP contribution in [0.15, 0.2) is 12.3 Å². The third-order valence-corrected chi connectivity index (χ3v) is 2.25. The van der Waals surface area contributed by atoms with Crippen molar-refractivity contribution in [3.63, 3.8) is 0 Å². The molecule has 0 aromatic carbocycles. The van der Waals surface area contributed by atoms with Gasteiger partial charge in [0.15, 0.2) is 0 Å². The van der Waals surface area contributed by atoms with Crippen molar-refractivity contribution in [1.82, 2.24) is 10.6 Å². The van der Waals surface area contributed by atoms with Gasteiger partial charge in [-0.15, -0.1) is 0 Å². The number of ether oxygens (including phenoxy) is 1. The molecule has 0 aliphatic rings. The molecule has 1 atom stereocenters. The zero-order valence-electron chi connectivity index (χ0n) is 10.8. The van der Waals surface area contributed by atoms with Gasteiger partial charge in [-0.05, 0) is 19.8 Å². The first-order chi connectivity index (χ1) is 7.97. The Labute approximate surface area is 103 Å². The molecule has 98 valence electrons. The highest BCUT2D eigenvalue weighted by Gasteiger charge is 2.08. The largest absolute Gasteiger partial charge is 0.416 e. The first-order valence-corrected chi connectivity index (χ1v) is 5.86. The average Bonchev–Trinajstić information content (AvgIpc) is 2.26. The molecule has 0 saturated heterocycles. The zero-order valence-corrected chi connectivity index (χ0v) is 10.8. The van der Waals surface area contributed by atoms with Gasteiger partial charge in [-0.3, -0.25) is 4.79 Å². The summed E-state index contributed by atoms with van der Waals surface area (Å²) in [7, 11) is 0. The van der Waals surface area contributed by atoms with E-state index in [4.69, 9.17) is 4.74 Å². The maximum absolute atomic E-state index is 11.4. The number of allylic oxidation sites excluding steroid dienone is 1. The summed E-state index contributed by atoms with van der Waals surface area (Å²) < 4.78 is 4.70. The summed E-state index contributed by atoms with van der Waals surface area (Å²) in [5.41, 5.74) is 0. The summed E-state index contributed by atoms with van der Waals surface area (Å²) >= 11 is 0. The number of hydrogen-bond donors (Lipinski definition) is 2. The van der Waals surface area contributed by atoms with Crippen molar-refractivity contribution in [3.8, 4) is 0 Å². The van der Waals surface area contributed by atoms with Crippen LogP contribution in [0.3, 0.4) is 0 Å². The van der Waals surface area contributed by atoms with Crippen LogP contribution in [0.1, 0.15) is 33.6 Å². The van der Waals surface area contributed by atoms with Crippen LogP contribution in [-0.4, -0.2) is 25.1 Å². The SMILES string of the molecule is C=C(C)OC(=O)NCCCNC(=O)C(C)CC. The number of alkyl carbamates (subject to hydrolysis) is 1. The highest BCUT2D eigenvalue weighted by molar-refractivity contribution is 5.78. The fourth-order valence-corrected chi connectivity index (χ4v) is 1.04. The second kappa shape index (κ2) is 8.61. The van der Waals surface area contributed by atoms with Crippen LogP contribution >= 0.6 is 0 Å². The van der Waals surface area contributed by atoms with E-state index in [2.05, 4.69) is 17.2 Å². The topological polar surface area (TPSA) is 67.4 Å². The Morgan fingerprint density at radius 2 is 1.88 bits per heavy atom. The number of amides is 2. The van der Waals surface area contributed by atoms with Crippen LogP contribution in [0.25, 0.3) is 0 Å². The van der Waals surface area contributed by atoms with Crippen molar-refractivity contribution >= 4 is 12.0 Å². The highest BCUT2D eigenvalue weighted by atomic mass is 16.6. The molecular weight excluding hydrogens is 220 g/mol. The first-order valence-electron chi connectivity index (χ1n) is 5.86.